The topological polar surface area (TPSA) is 84.2 Å². The van der Waals surface area contributed by atoms with E-state index in [1.807, 2.05) is 6.92 Å². The lowest BCUT2D eigenvalue weighted by atomic mass is 10.0. The lowest BCUT2D eigenvalue weighted by Crippen LogP contribution is -2.31. The Bertz CT molecular complexity index is 465. The number of aliphatic carboxylic acids is 1. The molecular weight excluding hydrogens is 246 g/mol. The van der Waals surface area contributed by atoms with Gasteiger partial charge in [0.2, 0.25) is 5.91 Å². The molecule has 2 N–H and O–H groups in total. The van der Waals surface area contributed by atoms with E-state index in [1.54, 1.807) is 30.2 Å². The minimum atomic E-state index is -0.876. The summed E-state index contributed by atoms with van der Waals surface area (Å²) in [7, 11) is 1.79. The third-order valence-electron chi connectivity index (χ3n) is 2.66. The van der Waals surface area contributed by atoms with E-state index in [9.17, 15) is 9.59 Å². The van der Waals surface area contributed by atoms with Crippen LogP contribution in [-0.2, 0) is 16.6 Å². The fraction of sp³-hybridized carbons (Fsp3) is 0.462. The van der Waals surface area contributed by atoms with Crippen LogP contribution in [-0.4, -0.2) is 33.3 Å². The predicted molar refractivity (Wildman–Crippen MR) is 71.3 cm³/mol. The van der Waals surface area contributed by atoms with E-state index in [0.717, 1.165) is 12.0 Å². The zero-order valence-corrected chi connectivity index (χ0v) is 11.2. The molecule has 104 valence electrons. The van der Waals surface area contributed by atoms with Gasteiger partial charge in [0.15, 0.2) is 0 Å². The second kappa shape index (κ2) is 7.35. The SMILES string of the molecule is CCCC(CNC(=O)C=Cc1cnn(C)c1)C(=O)O. The molecule has 0 fully saturated rings. The van der Waals surface area contributed by atoms with Crippen molar-refractivity contribution in [1.29, 1.82) is 0 Å². The number of carboxylic acids is 1. The highest BCUT2D eigenvalue weighted by Gasteiger charge is 2.16. The minimum Gasteiger partial charge on any atom is -0.481 e. The van der Waals surface area contributed by atoms with Crippen LogP contribution in [0.2, 0.25) is 0 Å². The Kier molecular flexibility index (Phi) is 5.78. The van der Waals surface area contributed by atoms with E-state index in [-0.39, 0.29) is 12.5 Å². The molecule has 0 bridgehead atoms. The van der Waals surface area contributed by atoms with Crippen molar-refractivity contribution in [3.63, 3.8) is 0 Å². The molecule has 0 aromatic carbocycles. The van der Waals surface area contributed by atoms with Gasteiger partial charge in [-0.2, -0.15) is 5.10 Å². The molecule has 1 amide bonds. The largest absolute Gasteiger partial charge is 0.481 e. The highest BCUT2D eigenvalue weighted by Crippen LogP contribution is 2.05. The Balaban J connectivity index is 2.42. The van der Waals surface area contributed by atoms with Crippen molar-refractivity contribution in [1.82, 2.24) is 15.1 Å². The summed E-state index contributed by atoms with van der Waals surface area (Å²) in [6, 6.07) is 0. The maximum atomic E-state index is 11.5. The van der Waals surface area contributed by atoms with Gasteiger partial charge >= 0.3 is 5.97 Å². The quantitative estimate of drug-likeness (QED) is 0.722. The lowest BCUT2D eigenvalue weighted by Gasteiger charge is -2.10. The van der Waals surface area contributed by atoms with Crippen molar-refractivity contribution >= 4 is 18.0 Å². The number of carbonyl (C=O) groups is 2. The minimum absolute atomic E-state index is 0.152. The standard InChI is InChI=1S/C13H19N3O3/c1-3-4-11(13(18)19)8-14-12(17)6-5-10-7-15-16(2)9-10/h5-7,9,11H,3-4,8H2,1-2H3,(H,14,17)(H,18,19). The van der Waals surface area contributed by atoms with Crippen LogP contribution in [0.15, 0.2) is 18.5 Å². The number of carboxylic acid groups (broad SMARTS) is 1. The molecule has 0 aliphatic heterocycles. The van der Waals surface area contributed by atoms with Crippen LogP contribution in [0.25, 0.3) is 6.08 Å². The molecule has 0 aliphatic rings. The van der Waals surface area contributed by atoms with Crippen LogP contribution in [0.1, 0.15) is 25.3 Å². The fourth-order valence-electron chi connectivity index (χ4n) is 1.64. The predicted octanol–water partition coefficient (Wildman–Crippen LogP) is 1.05. The van der Waals surface area contributed by atoms with E-state index in [2.05, 4.69) is 10.4 Å². The number of hydrogen-bond donors (Lipinski definition) is 2. The van der Waals surface area contributed by atoms with E-state index in [4.69, 9.17) is 5.11 Å². The first kappa shape index (κ1) is 14.9. The van der Waals surface area contributed by atoms with Crippen LogP contribution < -0.4 is 5.32 Å². The molecule has 1 unspecified atom stereocenters. The Hall–Kier alpha value is -2.11. The summed E-state index contributed by atoms with van der Waals surface area (Å²) in [6.07, 6.45) is 7.77. The average Bonchev–Trinajstić information content (AvgIpc) is 2.77. The number of nitrogens with zero attached hydrogens (tertiary/aromatic N) is 2. The number of aryl methyl sites for hydroxylation is 1. The van der Waals surface area contributed by atoms with Gasteiger partial charge in [0.25, 0.3) is 0 Å². The summed E-state index contributed by atoms with van der Waals surface area (Å²) in [6.45, 7) is 2.07. The van der Waals surface area contributed by atoms with Crippen LogP contribution in [0.3, 0.4) is 0 Å². The molecule has 19 heavy (non-hydrogen) atoms. The molecule has 0 spiro atoms. The first-order valence-electron chi connectivity index (χ1n) is 6.20. The third kappa shape index (κ3) is 5.37. The molecule has 0 aliphatic carbocycles. The van der Waals surface area contributed by atoms with E-state index >= 15 is 0 Å². The average molecular weight is 265 g/mol. The van der Waals surface area contributed by atoms with Crippen molar-refractivity contribution in [2.45, 2.75) is 19.8 Å². The smallest absolute Gasteiger partial charge is 0.308 e. The molecule has 1 aromatic heterocycles. The van der Waals surface area contributed by atoms with Crippen LogP contribution >= 0.6 is 0 Å². The van der Waals surface area contributed by atoms with Crippen molar-refractivity contribution in [3.8, 4) is 0 Å². The van der Waals surface area contributed by atoms with Gasteiger partial charge in [0.05, 0.1) is 12.1 Å². The summed E-state index contributed by atoms with van der Waals surface area (Å²) < 4.78 is 1.64. The Morgan fingerprint density at radius 3 is 2.84 bits per heavy atom. The van der Waals surface area contributed by atoms with Gasteiger partial charge in [0, 0.05) is 31.4 Å². The molecule has 0 saturated carbocycles. The summed E-state index contributed by atoms with van der Waals surface area (Å²) in [5.41, 5.74) is 0.820. The monoisotopic (exact) mass is 265 g/mol. The van der Waals surface area contributed by atoms with Crippen LogP contribution in [0.4, 0.5) is 0 Å². The van der Waals surface area contributed by atoms with Crippen molar-refractivity contribution in [2.75, 3.05) is 6.54 Å². The Labute approximate surface area is 112 Å². The number of carbonyl (C=O) groups excluding carboxylic acids is 1. The molecule has 1 aromatic rings. The Morgan fingerprint density at radius 1 is 1.58 bits per heavy atom. The number of hydrogen-bond acceptors (Lipinski definition) is 3. The molecule has 0 radical (unpaired) electrons. The van der Waals surface area contributed by atoms with E-state index in [1.165, 1.54) is 6.08 Å². The van der Waals surface area contributed by atoms with Crippen molar-refractivity contribution < 1.29 is 14.7 Å². The second-order valence-corrected chi connectivity index (χ2v) is 4.35. The number of amides is 1. The molecule has 1 heterocycles. The third-order valence-corrected chi connectivity index (χ3v) is 2.66. The molecule has 6 heteroatoms. The molecule has 0 saturated heterocycles. The first-order valence-corrected chi connectivity index (χ1v) is 6.20. The van der Waals surface area contributed by atoms with Gasteiger partial charge in [0.1, 0.15) is 0 Å². The first-order chi connectivity index (χ1) is 9.02. The highest BCUT2D eigenvalue weighted by atomic mass is 16.4. The fourth-order valence-corrected chi connectivity index (χ4v) is 1.64. The van der Waals surface area contributed by atoms with Gasteiger partial charge in [-0.25, -0.2) is 0 Å². The zero-order chi connectivity index (χ0) is 14.3. The zero-order valence-electron chi connectivity index (χ0n) is 11.2. The maximum Gasteiger partial charge on any atom is 0.308 e. The van der Waals surface area contributed by atoms with Gasteiger partial charge in [-0.05, 0) is 12.5 Å². The summed E-state index contributed by atoms with van der Waals surface area (Å²) in [4.78, 5) is 22.4. The number of aromatic nitrogens is 2. The molecule has 1 atom stereocenters. The van der Waals surface area contributed by atoms with Crippen molar-refractivity contribution in [2.24, 2.45) is 13.0 Å². The maximum absolute atomic E-state index is 11.5. The number of nitrogens with one attached hydrogen (secondary N) is 1. The van der Waals surface area contributed by atoms with Gasteiger partial charge in [-0.3, -0.25) is 14.3 Å². The lowest BCUT2D eigenvalue weighted by molar-refractivity contribution is -0.141. The Morgan fingerprint density at radius 2 is 2.32 bits per heavy atom. The van der Waals surface area contributed by atoms with Gasteiger partial charge in [-0.15, -0.1) is 0 Å². The summed E-state index contributed by atoms with van der Waals surface area (Å²) in [5.74, 6) is -1.70. The molecule has 6 nitrogen and oxygen atoms in total. The van der Waals surface area contributed by atoms with Crippen LogP contribution in [0.5, 0.6) is 0 Å². The van der Waals surface area contributed by atoms with E-state index < -0.39 is 11.9 Å². The number of rotatable bonds is 7. The molecule has 1 rings (SSSR count). The summed E-state index contributed by atoms with van der Waals surface area (Å²) in [5, 5.41) is 15.5. The van der Waals surface area contributed by atoms with Gasteiger partial charge < -0.3 is 10.4 Å². The normalized spacial score (nSPS) is 12.5. The second-order valence-electron chi connectivity index (χ2n) is 4.35. The summed E-state index contributed by atoms with van der Waals surface area (Å²) >= 11 is 0. The van der Waals surface area contributed by atoms with Crippen molar-refractivity contribution in [3.05, 3.63) is 24.0 Å². The molecular formula is C13H19N3O3. The van der Waals surface area contributed by atoms with E-state index in [0.29, 0.717) is 6.42 Å². The highest BCUT2D eigenvalue weighted by molar-refractivity contribution is 5.91. The van der Waals surface area contributed by atoms with Crippen LogP contribution in [0, 0.1) is 5.92 Å². The van der Waals surface area contributed by atoms with Gasteiger partial charge in [-0.1, -0.05) is 13.3 Å².